The molecule has 2 atom stereocenters. The third-order valence-electron chi connectivity index (χ3n) is 5.84. The highest BCUT2D eigenvalue weighted by molar-refractivity contribution is 7.91. The molecule has 3 fully saturated rings. The molecule has 2 aliphatic heterocycles. The number of piperazine rings is 1. The fourth-order valence-electron chi connectivity index (χ4n) is 4.68. The highest BCUT2D eigenvalue weighted by atomic mass is 35.5. The van der Waals surface area contributed by atoms with Crippen molar-refractivity contribution in [2.24, 2.45) is 0 Å². The lowest BCUT2D eigenvalue weighted by molar-refractivity contribution is -0.124. The van der Waals surface area contributed by atoms with Gasteiger partial charge in [0, 0.05) is 17.8 Å². The van der Waals surface area contributed by atoms with Crippen LogP contribution in [0.4, 0.5) is 5.69 Å². The molecule has 1 aromatic carbocycles. The fraction of sp³-hybridized carbons (Fsp3) is 0.611. The molecule has 6 nitrogen and oxygen atoms in total. The number of amides is 1. The zero-order valence-electron chi connectivity index (χ0n) is 14.7. The van der Waals surface area contributed by atoms with E-state index in [1.165, 1.54) is 7.11 Å². The van der Waals surface area contributed by atoms with Crippen LogP contribution in [0.15, 0.2) is 18.2 Å². The van der Waals surface area contributed by atoms with Crippen LogP contribution in [-0.2, 0) is 14.6 Å². The molecule has 0 bridgehead atoms. The summed E-state index contributed by atoms with van der Waals surface area (Å²) < 4.78 is 30.0. The predicted octanol–water partition coefficient (Wildman–Crippen LogP) is 2.11. The van der Waals surface area contributed by atoms with Gasteiger partial charge in [-0.15, -0.1) is 0 Å². The number of halogens is 1. The minimum Gasteiger partial charge on any atom is -0.495 e. The number of fused-ring (bicyclic) bond motifs is 1. The average molecular weight is 399 g/mol. The fourth-order valence-corrected chi connectivity index (χ4v) is 6.90. The van der Waals surface area contributed by atoms with E-state index in [1.54, 1.807) is 23.1 Å². The zero-order valence-corrected chi connectivity index (χ0v) is 16.3. The molecule has 4 rings (SSSR count). The number of methoxy groups -OCH3 is 1. The van der Waals surface area contributed by atoms with E-state index in [4.69, 9.17) is 16.3 Å². The van der Waals surface area contributed by atoms with Crippen LogP contribution >= 0.6 is 11.6 Å². The van der Waals surface area contributed by atoms with Gasteiger partial charge in [-0.3, -0.25) is 9.69 Å². The second kappa shape index (κ2) is 6.69. The van der Waals surface area contributed by atoms with Gasteiger partial charge in [-0.1, -0.05) is 24.4 Å². The molecule has 1 aromatic rings. The van der Waals surface area contributed by atoms with Crippen molar-refractivity contribution in [2.75, 3.05) is 30.1 Å². The van der Waals surface area contributed by atoms with Gasteiger partial charge < -0.3 is 9.64 Å². The number of carbonyl (C=O) groups is 1. The summed E-state index contributed by atoms with van der Waals surface area (Å²) in [5.41, 5.74) is 0.638. The first kappa shape index (κ1) is 18.1. The summed E-state index contributed by atoms with van der Waals surface area (Å²) in [6.07, 6.45) is 4.39. The second-order valence-electron chi connectivity index (χ2n) is 7.40. The molecule has 0 aromatic heterocycles. The van der Waals surface area contributed by atoms with Gasteiger partial charge in [0.2, 0.25) is 5.91 Å². The molecular formula is C18H23ClN2O4S. The Labute approximate surface area is 159 Å². The average Bonchev–Trinajstić information content (AvgIpc) is 3.21. The van der Waals surface area contributed by atoms with Crippen LogP contribution in [0.25, 0.3) is 0 Å². The van der Waals surface area contributed by atoms with Gasteiger partial charge in [-0.25, -0.2) is 8.42 Å². The summed E-state index contributed by atoms with van der Waals surface area (Å²) in [7, 11) is -1.64. The highest BCUT2D eigenvalue weighted by Crippen LogP contribution is 2.38. The lowest BCUT2D eigenvalue weighted by Crippen LogP contribution is -2.64. The Balaban J connectivity index is 1.70. The van der Waals surface area contributed by atoms with Crippen LogP contribution in [0, 0.1) is 0 Å². The third kappa shape index (κ3) is 3.10. The molecule has 2 saturated heterocycles. The Kier molecular flexibility index (Phi) is 4.65. The van der Waals surface area contributed by atoms with Crippen LogP contribution in [0.5, 0.6) is 5.75 Å². The minimum atomic E-state index is -3.17. The summed E-state index contributed by atoms with van der Waals surface area (Å²) >= 11 is 6.24. The lowest BCUT2D eigenvalue weighted by Gasteiger charge is -2.46. The van der Waals surface area contributed by atoms with E-state index in [-0.39, 0.29) is 36.0 Å². The normalized spacial score (nSPS) is 29.2. The van der Waals surface area contributed by atoms with Crippen molar-refractivity contribution in [3.63, 3.8) is 0 Å². The summed E-state index contributed by atoms with van der Waals surface area (Å²) in [4.78, 5) is 16.8. The second-order valence-corrected chi connectivity index (χ2v) is 9.97. The van der Waals surface area contributed by atoms with Crippen molar-refractivity contribution in [2.45, 2.75) is 43.8 Å². The topological polar surface area (TPSA) is 66.9 Å². The SMILES string of the molecule is COc1ccc(N2C(=O)CN(C3CCCC3)[C@@H]3CS(=O)(=O)C[C@@H]32)cc1Cl. The lowest BCUT2D eigenvalue weighted by atomic mass is 10.00. The Morgan fingerprint density at radius 3 is 2.50 bits per heavy atom. The van der Waals surface area contributed by atoms with Crippen molar-refractivity contribution >= 4 is 33.0 Å². The number of anilines is 1. The number of ether oxygens (including phenoxy) is 1. The molecule has 142 valence electrons. The maximum atomic E-state index is 13.0. The number of nitrogens with zero attached hydrogens (tertiary/aromatic N) is 2. The third-order valence-corrected chi connectivity index (χ3v) is 7.84. The van der Waals surface area contributed by atoms with Crippen LogP contribution in [-0.4, -0.2) is 62.5 Å². The number of carbonyl (C=O) groups excluding carboxylic acids is 1. The van der Waals surface area contributed by atoms with Crippen molar-refractivity contribution in [3.05, 3.63) is 23.2 Å². The number of hydrogen-bond acceptors (Lipinski definition) is 5. The largest absolute Gasteiger partial charge is 0.495 e. The number of rotatable bonds is 3. The monoisotopic (exact) mass is 398 g/mol. The molecule has 26 heavy (non-hydrogen) atoms. The van der Waals surface area contributed by atoms with Gasteiger partial charge in [-0.2, -0.15) is 0 Å². The van der Waals surface area contributed by atoms with Gasteiger partial charge >= 0.3 is 0 Å². The first-order valence-corrected chi connectivity index (χ1v) is 11.2. The Morgan fingerprint density at radius 2 is 1.85 bits per heavy atom. The summed E-state index contributed by atoms with van der Waals surface area (Å²) in [6, 6.07) is 5.00. The molecule has 8 heteroatoms. The molecule has 0 radical (unpaired) electrons. The number of hydrogen-bond donors (Lipinski definition) is 0. The Morgan fingerprint density at radius 1 is 1.15 bits per heavy atom. The van der Waals surface area contributed by atoms with E-state index < -0.39 is 9.84 Å². The molecular weight excluding hydrogens is 376 g/mol. The molecule has 1 aliphatic carbocycles. The minimum absolute atomic E-state index is 0.0102. The molecule has 0 unspecified atom stereocenters. The van der Waals surface area contributed by atoms with Gasteiger partial charge in [0.15, 0.2) is 9.84 Å². The molecule has 0 N–H and O–H groups in total. The van der Waals surface area contributed by atoms with E-state index in [1.807, 2.05) is 0 Å². The molecule has 0 spiro atoms. The maximum Gasteiger partial charge on any atom is 0.241 e. The predicted molar refractivity (Wildman–Crippen MR) is 101 cm³/mol. The molecule has 1 amide bonds. The van der Waals surface area contributed by atoms with Crippen LogP contribution < -0.4 is 9.64 Å². The molecule has 2 heterocycles. The van der Waals surface area contributed by atoms with Gasteiger partial charge in [0.1, 0.15) is 5.75 Å². The smallest absolute Gasteiger partial charge is 0.241 e. The van der Waals surface area contributed by atoms with Gasteiger partial charge in [0.05, 0.1) is 36.2 Å². The van der Waals surface area contributed by atoms with Crippen molar-refractivity contribution in [1.29, 1.82) is 0 Å². The maximum absolute atomic E-state index is 13.0. The summed E-state index contributed by atoms with van der Waals surface area (Å²) in [5.74, 6) is 0.609. The number of benzene rings is 1. The van der Waals surface area contributed by atoms with E-state index in [2.05, 4.69) is 4.90 Å². The Hall–Kier alpha value is -1.31. The Bertz CT molecular complexity index is 822. The molecule has 3 aliphatic rings. The highest BCUT2D eigenvalue weighted by Gasteiger charge is 2.51. The zero-order chi connectivity index (χ0) is 18.5. The van der Waals surface area contributed by atoms with E-state index in [9.17, 15) is 13.2 Å². The van der Waals surface area contributed by atoms with Gasteiger partial charge in [-0.05, 0) is 31.0 Å². The van der Waals surface area contributed by atoms with E-state index >= 15 is 0 Å². The van der Waals surface area contributed by atoms with Crippen LogP contribution in [0.3, 0.4) is 0 Å². The van der Waals surface area contributed by atoms with Crippen molar-refractivity contribution in [3.8, 4) is 5.75 Å². The standard InChI is InChI=1S/C18H23ClN2O4S/c1-25-17-7-6-13(8-14(17)19)21-16-11-26(23,24)10-15(16)20(9-18(21)22)12-4-2-3-5-12/h6-8,12,15-16H,2-5,9-11H2,1H3/t15-,16+/m1/s1. The van der Waals surface area contributed by atoms with Crippen LogP contribution in [0.2, 0.25) is 5.02 Å². The van der Waals surface area contributed by atoms with E-state index in [0.29, 0.717) is 22.5 Å². The summed E-state index contributed by atoms with van der Waals surface area (Å²) in [6.45, 7) is 0.269. The first-order valence-electron chi connectivity index (χ1n) is 9.01. The van der Waals surface area contributed by atoms with Crippen LogP contribution in [0.1, 0.15) is 25.7 Å². The molecule has 1 saturated carbocycles. The van der Waals surface area contributed by atoms with Crippen molar-refractivity contribution in [1.82, 2.24) is 4.90 Å². The van der Waals surface area contributed by atoms with Crippen molar-refractivity contribution < 1.29 is 17.9 Å². The van der Waals surface area contributed by atoms with E-state index in [0.717, 1.165) is 25.7 Å². The quantitative estimate of drug-likeness (QED) is 0.780. The summed E-state index contributed by atoms with van der Waals surface area (Å²) in [5, 5.41) is 0.411. The number of sulfone groups is 1. The first-order chi connectivity index (χ1) is 12.4. The van der Waals surface area contributed by atoms with Gasteiger partial charge in [0.25, 0.3) is 0 Å².